The molecule has 0 aromatic heterocycles. The van der Waals surface area contributed by atoms with Crippen molar-refractivity contribution in [2.24, 2.45) is 4.99 Å². The lowest BCUT2D eigenvalue weighted by Gasteiger charge is -2.15. The summed E-state index contributed by atoms with van der Waals surface area (Å²) in [6.45, 7) is 1.19. The first-order valence-electron chi connectivity index (χ1n) is 9.45. The summed E-state index contributed by atoms with van der Waals surface area (Å²) in [5.41, 5.74) is 2.17. The van der Waals surface area contributed by atoms with Crippen molar-refractivity contribution in [3.63, 3.8) is 0 Å². The fourth-order valence-corrected chi connectivity index (χ4v) is 2.53. The molecular weight excluding hydrogens is 370 g/mol. The molecule has 2 aromatic carbocycles. The van der Waals surface area contributed by atoms with Crippen LogP contribution in [0.2, 0.25) is 0 Å². The predicted molar refractivity (Wildman–Crippen MR) is 114 cm³/mol. The Balaban J connectivity index is 1.92. The number of nitro benzene ring substituents is 1. The SMILES string of the molecule is CN(C)C(=O)CNC(=NCc1ccc([N+](=O)[O-])cc1)NCCCc1ccccc1. The quantitative estimate of drug-likeness (QED) is 0.222. The molecule has 8 heteroatoms. The van der Waals surface area contributed by atoms with E-state index in [0.29, 0.717) is 19.0 Å². The first-order chi connectivity index (χ1) is 14.0. The maximum atomic E-state index is 11.9. The molecule has 0 saturated heterocycles. The topological polar surface area (TPSA) is 99.9 Å². The Kier molecular flexibility index (Phi) is 8.62. The number of non-ortho nitro benzene ring substituents is 1. The van der Waals surface area contributed by atoms with Crippen LogP contribution in [0.1, 0.15) is 17.5 Å². The largest absolute Gasteiger partial charge is 0.356 e. The van der Waals surface area contributed by atoms with Crippen molar-refractivity contribution in [3.8, 4) is 0 Å². The van der Waals surface area contributed by atoms with Gasteiger partial charge in [-0.1, -0.05) is 42.5 Å². The van der Waals surface area contributed by atoms with Gasteiger partial charge < -0.3 is 15.5 Å². The number of hydrogen-bond donors (Lipinski definition) is 2. The number of nitrogens with zero attached hydrogens (tertiary/aromatic N) is 3. The number of benzene rings is 2. The van der Waals surface area contributed by atoms with Crippen molar-refractivity contribution < 1.29 is 9.72 Å². The number of nitro groups is 1. The second-order valence-corrected chi connectivity index (χ2v) is 6.75. The molecule has 154 valence electrons. The molecule has 0 unspecified atom stereocenters. The Morgan fingerprint density at radius 2 is 1.72 bits per heavy atom. The molecule has 0 spiro atoms. The number of guanidine groups is 1. The van der Waals surface area contributed by atoms with Gasteiger partial charge in [0, 0.05) is 32.8 Å². The zero-order valence-electron chi connectivity index (χ0n) is 16.8. The van der Waals surface area contributed by atoms with Gasteiger partial charge in [-0.05, 0) is 24.0 Å². The number of likely N-dealkylation sites (N-methyl/N-ethyl adjacent to an activating group) is 1. The molecule has 0 aliphatic heterocycles. The number of aryl methyl sites for hydroxylation is 1. The molecule has 8 nitrogen and oxygen atoms in total. The predicted octanol–water partition coefficient (Wildman–Crippen LogP) is 2.35. The Hall–Kier alpha value is -3.42. The summed E-state index contributed by atoms with van der Waals surface area (Å²) in [5.74, 6) is 0.478. The van der Waals surface area contributed by atoms with Crippen LogP contribution in [0, 0.1) is 10.1 Å². The normalized spacial score (nSPS) is 11.0. The second kappa shape index (κ2) is 11.4. The molecule has 1 amide bonds. The zero-order chi connectivity index (χ0) is 21.1. The third-order valence-electron chi connectivity index (χ3n) is 4.25. The van der Waals surface area contributed by atoms with Gasteiger partial charge in [-0.25, -0.2) is 4.99 Å². The van der Waals surface area contributed by atoms with E-state index >= 15 is 0 Å². The number of hydrogen-bond acceptors (Lipinski definition) is 4. The summed E-state index contributed by atoms with van der Waals surface area (Å²) in [6, 6.07) is 16.5. The van der Waals surface area contributed by atoms with Crippen LogP contribution in [-0.2, 0) is 17.8 Å². The number of amides is 1. The summed E-state index contributed by atoms with van der Waals surface area (Å²) in [4.78, 5) is 28.2. The molecule has 29 heavy (non-hydrogen) atoms. The minimum atomic E-state index is -0.429. The third-order valence-corrected chi connectivity index (χ3v) is 4.25. The van der Waals surface area contributed by atoms with Crippen molar-refractivity contribution >= 4 is 17.6 Å². The Labute approximate surface area is 170 Å². The summed E-state index contributed by atoms with van der Waals surface area (Å²) in [5, 5.41) is 17.0. The molecule has 2 N–H and O–H groups in total. The molecule has 2 aromatic rings. The standard InChI is InChI=1S/C21H27N5O3/c1-25(2)20(27)16-24-21(22-14-6-9-17-7-4-3-5-8-17)23-15-18-10-12-19(13-11-18)26(28)29/h3-5,7-8,10-13H,6,9,14-16H2,1-2H3,(H2,22,23,24). The Morgan fingerprint density at radius 3 is 2.34 bits per heavy atom. The molecule has 0 fully saturated rings. The fourth-order valence-electron chi connectivity index (χ4n) is 2.53. The van der Waals surface area contributed by atoms with E-state index in [9.17, 15) is 14.9 Å². The maximum Gasteiger partial charge on any atom is 0.269 e. The van der Waals surface area contributed by atoms with E-state index in [1.165, 1.54) is 22.6 Å². The average molecular weight is 397 g/mol. The number of carbonyl (C=O) groups excluding carboxylic acids is 1. The second-order valence-electron chi connectivity index (χ2n) is 6.75. The molecule has 0 saturated carbocycles. The van der Waals surface area contributed by atoms with Crippen molar-refractivity contribution in [2.45, 2.75) is 19.4 Å². The van der Waals surface area contributed by atoms with Crippen molar-refractivity contribution in [3.05, 3.63) is 75.8 Å². The smallest absolute Gasteiger partial charge is 0.269 e. The van der Waals surface area contributed by atoms with Crippen LogP contribution in [0.4, 0.5) is 5.69 Å². The molecule has 0 heterocycles. The van der Waals surface area contributed by atoms with Gasteiger partial charge in [0.25, 0.3) is 5.69 Å². The molecule has 0 bridgehead atoms. The summed E-state index contributed by atoms with van der Waals surface area (Å²) < 4.78 is 0. The van der Waals surface area contributed by atoms with Gasteiger partial charge in [0.2, 0.25) is 5.91 Å². The van der Waals surface area contributed by atoms with E-state index in [4.69, 9.17) is 0 Å². The summed E-state index contributed by atoms with van der Waals surface area (Å²) in [6.07, 6.45) is 1.87. The van der Waals surface area contributed by atoms with Gasteiger partial charge in [0.15, 0.2) is 5.96 Å². The lowest BCUT2D eigenvalue weighted by molar-refractivity contribution is -0.384. The van der Waals surface area contributed by atoms with Crippen LogP contribution >= 0.6 is 0 Å². The van der Waals surface area contributed by atoms with E-state index in [-0.39, 0.29) is 18.1 Å². The van der Waals surface area contributed by atoms with Crippen LogP contribution in [0.15, 0.2) is 59.6 Å². The fraction of sp³-hybridized carbons (Fsp3) is 0.333. The minimum absolute atomic E-state index is 0.0479. The molecule has 0 radical (unpaired) electrons. The molecule has 2 rings (SSSR count). The Bertz CT molecular complexity index is 820. The summed E-state index contributed by atoms with van der Waals surface area (Å²) in [7, 11) is 3.40. The van der Waals surface area contributed by atoms with Gasteiger partial charge in [-0.15, -0.1) is 0 Å². The molecular formula is C21H27N5O3. The minimum Gasteiger partial charge on any atom is -0.356 e. The lowest BCUT2D eigenvalue weighted by atomic mass is 10.1. The monoisotopic (exact) mass is 397 g/mol. The van der Waals surface area contributed by atoms with Crippen molar-refractivity contribution in [2.75, 3.05) is 27.2 Å². The number of rotatable bonds is 9. The highest BCUT2D eigenvalue weighted by Gasteiger charge is 2.07. The number of carbonyl (C=O) groups is 1. The van der Waals surface area contributed by atoms with Gasteiger partial charge in [-0.3, -0.25) is 14.9 Å². The van der Waals surface area contributed by atoms with E-state index in [1.54, 1.807) is 26.2 Å². The van der Waals surface area contributed by atoms with Crippen LogP contribution in [0.25, 0.3) is 0 Å². The van der Waals surface area contributed by atoms with Crippen molar-refractivity contribution in [1.29, 1.82) is 0 Å². The van der Waals surface area contributed by atoms with E-state index in [1.807, 2.05) is 18.2 Å². The third kappa shape index (κ3) is 8.00. The van der Waals surface area contributed by atoms with Crippen LogP contribution in [0.5, 0.6) is 0 Å². The van der Waals surface area contributed by atoms with Gasteiger partial charge in [0.1, 0.15) is 0 Å². The first kappa shape index (κ1) is 21.9. The van der Waals surface area contributed by atoms with Gasteiger partial charge >= 0.3 is 0 Å². The number of nitrogens with one attached hydrogen (secondary N) is 2. The first-order valence-corrected chi connectivity index (χ1v) is 9.45. The highest BCUT2D eigenvalue weighted by molar-refractivity contribution is 5.86. The van der Waals surface area contributed by atoms with Crippen LogP contribution in [-0.4, -0.2) is 48.9 Å². The molecule has 0 aliphatic carbocycles. The summed E-state index contributed by atoms with van der Waals surface area (Å²) >= 11 is 0. The van der Waals surface area contributed by atoms with E-state index < -0.39 is 4.92 Å². The highest BCUT2D eigenvalue weighted by atomic mass is 16.6. The van der Waals surface area contributed by atoms with Crippen LogP contribution < -0.4 is 10.6 Å². The molecule has 0 atom stereocenters. The van der Waals surface area contributed by atoms with Gasteiger partial charge in [-0.2, -0.15) is 0 Å². The average Bonchev–Trinajstić information content (AvgIpc) is 2.73. The molecule has 0 aliphatic rings. The lowest BCUT2D eigenvalue weighted by Crippen LogP contribution is -2.43. The van der Waals surface area contributed by atoms with Crippen LogP contribution in [0.3, 0.4) is 0 Å². The van der Waals surface area contributed by atoms with Gasteiger partial charge in [0.05, 0.1) is 18.0 Å². The zero-order valence-corrected chi connectivity index (χ0v) is 16.8. The number of aliphatic imine (C=N–C) groups is 1. The maximum absolute atomic E-state index is 11.9. The van der Waals surface area contributed by atoms with E-state index in [0.717, 1.165) is 18.4 Å². The highest BCUT2D eigenvalue weighted by Crippen LogP contribution is 2.12. The Morgan fingerprint density at radius 1 is 1.03 bits per heavy atom. The van der Waals surface area contributed by atoms with Crippen molar-refractivity contribution in [1.82, 2.24) is 15.5 Å². The van der Waals surface area contributed by atoms with E-state index in [2.05, 4.69) is 27.8 Å².